The van der Waals surface area contributed by atoms with E-state index in [0.717, 1.165) is 18.5 Å². The maximum absolute atomic E-state index is 4.57. The lowest BCUT2D eigenvalue weighted by Gasteiger charge is -2.15. The molecule has 134 valence electrons. The van der Waals surface area contributed by atoms with Crippen molar-refractivity contribution < 1.29 is 0 Å². The molecule has 0 aliphatic rings. The van der Waals surface area contributed by atoms with E-state index in [-0.39, 0.29) is 0 Å². The van der Waals surface area contributed by atoms with Crippen LogP contribution in [0.4, 0.5) is 17.5 Å². The van der Waals surface area contributed by atoms with Gasteiger partial charge in [0.25, 0.3) is 0 Å². The van der Waals surface area contributed by atoms with Gasteiger partial charge < -0.3 is 10.6 Å². The largest absolute Gasteiger partial charge is 0.349 e. The molecule has 0 unspecified atom stereocenters. The van der Waals surface area contributed by atoms with Crippen LogP contribution in [0.2, 0.25) is 0 Å². The molecule has 26 heavy (non-hydrogen) atoms. The monoisotopic (exact) mass is 347 g/mol. The second-order valence-corrected chi connectivity index (χ2v) is 6.23. The number of hydrogen-bond donors (Lipinski definition) is 2. The fourth-order valence-corrected chi connectivity index (χ4v) is 2.95. The molecule has 0 radical (unpaired) electrons. The highest BCUT2D eigenvalue weighted by Crippen LogP contribution is 2.25. The fraction of sp³-hybridized carbons (Fsp3) is 0.286. The summed E-state index contributed by atoms with van der Waals surface area (Å²) in [6.07, 6.45) is 3.59. The van der Waals surface area contributed by atoms with Crippen molar-refractivity contribution in [1.82, 2.24) is 15.2 Å². The Hall–Kier alpha value is -2.95. The number of hydrogen-bond acceptors (Lipinski definition) is 5. The molecule has 0 bridgehead atoms. The molecule has 0 saturated heterocycles. The SMILES string of the molecule is CCc1cccc(CC)c1Nc1cnnc(NCc2ccccc2C)n1. The van der Waals surface area contributed by atoms with Crippen LogP contribution in [-0.4, -0.2) is 15.2 Å². The van der Waals surface area contributed by atoms with Crippen molar-refractivity contribution in [3.05, 3.63) is 70.9 Å². The van der Waals surface area contributed by atoms with Gasteiger partial charge in [0, 0.05) is 12.2 Å². The Morgan fingerprint density at radius 1 is 0.885 bits per heavy atom. The molecule has 0 aliphatic heterocycles. The van der Waals surface area contributed by atoms with Gasteiger partial charge >= 0.3 is 0 Å². The van der Waals surface area contributed by atoms with Crippen LogP contribution in [0.15, 0.2) is 48.7 Å². The Kier molecular flexibility index (Phi) is 5.79. The van der Waals surface area contributed by atoms with Gasteiger partial charge in [-0.3, -0.25) is 0 Å². The van der Waals surface area contributed by atoms with Crippen molar-refractivity contribution in [3.63, 3.8) is 0 Å². The summed E-state index contributed by atoms with van der Waals surface area (Å²) in [5.41, 5.74) is 6.14. The zero-order valence-corrected chi connectivity index (χ0v) is 15.6. The lowest BCUT2D eigenvalue weighted by molar-refractivity contribution is 0.945. The normalized spacial score (nSPS) is 10.6. The molecule has 2 N–H and O–H groups in total. The summed E-state index contributed by atoms with van der Waals surface area (Å²) < 4.78 is 0. The van der Waals surface area contributed by atoms with Crippen LogP contribution < -0.4 is 10.6 Å². The molecule has 0 atom stereocenters. The third-order valence-electron chi connectivity index (χ3n) is 4.51. The molecule has 0 spiro atoms. The molecule has 0 amide bonds. The molecule has 0 saturated carbocycles. The lowest BCUT2D eigenvalue weighted by Crippen LogP contribution is -2.08. The van der Waals surface area contributed by atoms with Crippen LogP contribution in [0.1, 0.15) is 36.1 Å². The van der Waals surface area contributed by atoms with Crippen molar-refractivity contribution in [1.29, 1.82) is 0 Å². The average molecular weight is 347 g/mol. The standard InChI is InChI=1S/C21H25N5/c1-4-16-11-8-12-17(5-2)20(16)24-19-14-23-26-21(25-19)22-13-18-10-7-6-9-15(18)3/h6-12,14H,4-5,13H2,1-3H3,(H2,22,24,25,26). The highest BCUT2D eigenvalue weighted by molar-refractivity contribution is 5.65. The summed E-state index contributed by atoms with van der Waals surface area (Å²) in [6, 6.07) is 14.7. The Morgan fingerprint density at radius 2 is 1.58 bits per heavy atom. The van der Waals surface area contributed by atoms with E-state index in [0.29, 0.717) is 18.3 Å². The second-order valence-electron chi connectivity index (χ2n) is 6.23. The number of aromatic nitrogens is 3. The molecule has 1 heterocycles. The van der Waals surface area contributed by atoms with Gasteiger partial charge in [0.2, 0.25) is 5.95 Å². The average Bonchev–Trinajstić information content (AvgIpc) is 2.68. The molecule has 1 aromatic heterocycles. The number of para-hydroxylation sites is 1. The van der Waals surface area contributed by atoms with E-state index in [1.807, 2.05) is 12.1 Å². The number of nitrogens with one attached hydrogen (secondary N) is 2. The maximum atomic E-state index is 4.57. The zero-order chi connectivity index (χ0) is 18.4. The molecular formula is C21H25N5. The van der Waals surface area contributed by atoms with Crippen LogP contribution in [0.5, 0.6) is 0 Å². The van der Waals surface area contributed by atoms with Gasteiger partial charge in [-0.1, -0.05) is 56.3 Å². The quantitative estimate of drug-likeness (QED) is 0.651. The van der Waals surface area contributed by atoms with E-state index >= 15 is 0 Å². The molecular weight excluding hydrogens is 322 g/mol. The lowest BCUT2D eigenvalue weighted by atomic mass is 10.0. The predicted molar refractivity (Wildman–Crippen MR) is 107 cm³/mol. The first kappa shape index (κ1) is 17.9. The van der Waals surface area contributed by atoms with Gasteiger partial charge in [-0.05, 0) is 42.0 Å². The minimum atomic E-state index is 0.519. The third-order valence-corrected chi connectivity index (χ3v) is 4.51. The van der Waals surface area contributed by atoms with Gasteiger partial charge in [0.15, 0.2) is 5.82 Å². The number of nitrogens with zero attached hydrogens (tertiary/aromatic N) is 3. The highest BCUT2D eigenvalue weighted by Gasteiger charge is 2.08. The smallest absolute Gasteiger partial charge is 0.244 e. The highest BCUT2D eigenvalue weighted by atomic mass is 15.3. The third kappa shape index (κ3) is 4.17. The van der Waals surface area contributed by atoms with E-state index in [2.05, 4.69) is 76.9 Å². The number of anilines is 3. The number of aryl methyl sites for hydroxylation is 3. The molecule has 0 aliphatic carbocycles. The first-order valence-electron chi connectivity index (χ1n) is 9.07. The minimum Gasteiger partial charge on any atom is -0.349 e. The summed E-state index contributed by atoms with van der Waals surface area (Å²) >= 11 is 0. The van der Waals surface area contributed by atoms with Crippen molar-refractivity contribution in [2.45, 2.75) is 40.2 Å². The maximum Gasteiger partial charge on any atom is 0.244 e. The van der Waals surface area contributed by atoms with Crippen LogP contribution in [0.25, 0.3) is 0 Å². The van der Waals surface area contributed by atoms with Gasteiger partial charge in [0.05, 0.1) is 6.20 Å². The summed E-state index contributed by atoms with van der Waals surface area (Å²) in [5.74, 6) is 1.22. The van der Waals surface area contributed by atoms with E-state index in [9.17, 15) is 0 Å². The topological polar surface area (TPSA) is 62.7 Å². The van der Waals surface area contributed by atoms with E-state index in [1.165, 1.54) is 22.3 Å². The molecule has 5 heteroatoms. The fourth-order valence-electron chi connectivity index (χ4n) is 2.95. The first-order chi connectivity index (χ1) is 12.7. The van der Waals surface area contributed by atoms with Crippen molar-refractivity contribution in [3.8, 4) is 0 Å². The van der Waals surface area contributed by atoms with E-state index in [1.54, 1.807) is 6.20 Å². The number of rotatable bonds is 7. The van der Waals surface area contributed by atoms with Crippen molar-refractivity contribution in [2.24, 2.45) is 0 Å². The van der Waals surface area contributed by atoms with Crippen molar-refractivity contribution >= 4 is 17.5 Å². The van der Waals surface area contributed by atoms with Crippen LogP contribution in [0, 0.1) is 6.92 Å². The summed E-state index contributed by atoms with van der Waals surface area (Å²) in [5, 5.41) is 14.9. The number of benzene rings is 2. The molecule has 3 rings (SSSR count). The van der Waals surface area contributed by atoms with E-state index in [4.69, 9.17) is 0 Å². The van der Waals surface area contributed by atoms with Crippen LogP contribution in [0.3, 0.4) is 0 Å². The minimum absolute atomic E-state index is 0.519. The summed E-state index contributed by atoms with van der Waals surface area (Å²) in [4.78, 5) is 4.57. The molecule has 5 nitrogen and oxygen atoms in total. The van der Waals surface area contributed by atoms with Gasteiger partial charge in [-0.25, -0.2) is 0 Å². The van der Waals surface area contributed by atoms with Gasteiger partial charge in [-0.2, -0.15) is 10.1 Å². The summed E-state index contributed by atoms with van der Waals surface area (Å²) in [7, 11) is 0. The van der Waals surface area contributed by atoms with Crippen LogP contribution in [-0.2, 0) is 19.4 Å². The van der Waals surface area contributed by atoms with Crippen molar-refractivity contribution in [2.75, 3.05) is 10.6 Å². The Labute approximate surface area is 154 Å². The Morgan fingerprint density at radius 3 is 2.27 bits per heavy atom. The Balaban J connectivity index is 1.77. The molecule has 3 aromatic rings. The Bertz CT molecular complexity index is 854. The van der Waals surface area contributed by atoms with E-state index < -0.39 is 0 Å². The first-order valence-corrected chi connectivity index (χ1v) is 9.07. The zero-order valence-electron chi connectivity index (χ0n) is 15.6. The predicted octanol–water partition coefficient (Wildman–Crippen LogP) is 4.66. The van der Waals surface area contributed by atoms with Gasteiger partial charge in [-0.15, -0.1) is 5.10 Å². The second kappa shape index (κ2) is 8.43. The van der Waals surface area contributed by atoms with Gasteiger partial charge in [0.1, 0.15) is 0 Å². The molecule has 2 aromatic carbocycles. The van der Waals surface area contributed by atoms with Crippen LogP contribution >= 0.6 is 0 Å². The molecule has 0 fully saturated rings. The summed E-state index contributed by atoms with van der Waals surface area (Å²) in [6.45, 7) is 7.09.